The van der Waals surface area contributed by atoms with Crippen molar-refractivity contribution in [3.05, 3.63) is 29.8 Å². The number of nitrogens with one attached hydrogen (secondary N) is 1. The molecule has 0 radical (unpaired) electrons. The van der Waals surface area contributed by atoms with Crippen molar-refractivity contribution >= 4 is 15.9 Å². The molecule has 1 amide bonds. The van der Waals surface area contributed by atoms with Gasteiger partial charge in [0.15, 0.2) is 0 Å². The van der Waals surface area contributed by atoms with Crippen LogP contribution >= 0.6 is 0 Å². The van der Waals surface area contributed by atoms with Gasteiger partial charge in [-0.05, 0) is 43.4 Å². The van der Waals surface area contributed by atoms with Gasteiger partial charge in [0.05, 0.1) is 18.1 Å². The van der Waals surface area contributed by atoms with Crippen LogP contribution in [0.5, 0.6) is 0 Å². The topological polar surface area (TPSA) is 75.7 Å². The average Bonchev–Trinajstić information content (AvgIpc) is 2.74. The fraction of sp³-hybridized carbons (Fsp3) is 0.667. The third-order valence-corrected chi connectivity index (χ3v) is 7.73. The van der Waals surface area contributed by atoms with E-state index in [-0.39, 0.29) is 16.8 Å². The number of morpholine rings is 1. The molecule has 7 heteroatoms. The van der Waals surface area contributed by atoms with Crippen LogP contribution in [0.4, 0.5) is 0 Å². The number of carbonyl (C=O) groups excluding carboxylic acids is 1. The molecule has 28 heavy (non-hydrogen) atoms. The number of hydrogen-bond donors (Lipinski definition) is 1. The zero-order valence-corrected chi connectivity index (χ0v) is 17.5. The molecular formula is C21H32N2O4S. The maximum absolute atomic E-state index is 12.9. The summed E-state index contributed by atoms with van der Waals surface area (Å²) in [5, 5.41) is 3.19. The standard InChI is InChI=1S/C21H32N2O4S/c1-2-7-20(17-8-4-3-5-9-17)22-21(24)18-10-6-11-19(16-18)28(25,26)23-12-14-27-15-13-23/h6,10-11,16-17,20H,2-5,7-9,12-15H2,1H3,(H,22,24). The molecule has 1 aromatic carbocycles. The van der Waals surface area contributed by atoms with E-state index < -0.39 is 10.0 Å². The number of rotatable bonds is 7. The van der Waals surface area contributed by atoms with Crippen LogP contribution in [0, 0.1) is 5.92 Å². The summed E-state index contributed by atoms with van der Waals surface area (Å²) in [6.07, 6.45) is 8.05. The molecule has 1 saturated carbocycles. The van der Waals surface area contributed by atoms with Crippen molar-refractivity contribution in [1.82, 2.24) is 9.62 Å². The number of hydrogen-bond acceptors (Lipinski definition) is 4. The van der Waals surface area contributed by atoms with Crippen LogP contribution in [0.15, 0.2) is 29.2 Å². The summed E-state index contributed by atoms with van der Waals surface area (Å²) in [4.78, 5) is 13.1. The average molecular weight is 409 g/mol. The molecular weight excluding hydrogens is 376 g/mol. The minimum Gasteiger partial charge on any atom is -0.379 e. The van der Waals surface area contributed by atoms with Gasteiger partial charge in [0.1, 0.15) is 0 Å². The minimum atomic E-state index is -3.60. The van der Waals surface area contributed by atoms with Crippen LogP contribution < -0.4 is 5.32 Å². The maximum Gasteiger partial charge on any atom is 0.251 e. The summed E-state index contributed by atoms with van der Waals surface area (Å²) >= 11 is 0. The second-order valence-electron chi connectivity index (χ2n) is 7.81. The molecule has 0 aromatic heterocycles. The van der Waals surface area contributed by atoms with E-state index in [4.69, 9.17) is 4.74 Å². The largest absolute Gasteiger partial charge is 0.379 e. The highest BCUT2D eigenvalue weighted by Gasteiger charge is 2.28. The van der Waals surface area contributed by atoms with Gasteiger partial charge in [0, 0.05) is 24.7 Å². The summed E-state index contributed by atoms with van der Waals surface area (Å²) in [7, 11) is -3.60. The van der Waals surface area contributed by atoms with Gasteiger partial charge in [0.25, 0.3) is 5.91 Å². The monoisotopic (exact) mass is 408 g/mol. The Labute approximate surface area is 168 Å². The Kier molecular flexibility index (Phi) is 7.48. The summed E-state index contributed by atoms with van der Waals surface area (Å²) < 4.78 is 32.4. The van der Waals surface area contributed by atoms with Crippen molar-refractivity contribution < 1.29 is 17.9 Å². The Morgan fingerprint density at radius 3 is 2.61 bits per heavy atom. The van der Waals surface area contributed by atoms with Gasteiger partial charge < -0.3 is 10.1 Å². The Bertz CT molecular complexity index is 753. The molecule has 1 unspecified atom stereocenters. The maximum atomic E-state index is 12.9. The molecule has 1 atom stereocenters. The number of benzene rings is 1. The second-order valence-corrected chi connectivity index (χ2v) is 9.75. The Balaban J connectivity index is 1.73. The first-order valence-electron chi connectivity index (χ1n) is 10.5. The van der Waals surface area contributed by atoms with Gasteiger partial charge in [-0.25, -0.2) is 8.42 Å². The number of amides is 1. The van der Waals surface area contributed by atoms with E-state index in [0.717, 1.165) is 25.7 Å². The second kappa shape index (κ2) is 9.85. The van der Waals surface area contributed by atoms with E-state index in [9.17, 15) is 13.2 Å². The lowest BCUT2D eigenvalue weighted by Crippen LogP contribution is -2.41. The first-order chi connectivity index (χ1) is 13.5. The Morgan fingerprint density at radius 1 is 1.21 bits per heavy atom. The summed E-state index contributed by atoms with van der Waals surface area (Å²) in [6.45, 7) is 3.63. The van der Waals surface area contributed by atoms with Gasteiger partial charge in [-0.15, -0.1) is 0 Å². The van der Waals surface area contributed by atoms with Gasteiger partial charge >= 0.3 is 0 Å². The lowest BCUT2D eigenvalue weighted by Gasteiger charge is -2.31. The molecule has 6 nitrogen and oxygen atoms in total. The third kappa shape index (κ3) is 5.13. The molecule has 1 heterocycles. The minimum absolute atomic E-state index is 0.164. The van der Waals surface area contributed by atoms with Crippen LogP contribution in [0.3, 0.4) is 0 Å². The Morgan fingerprint density at radius 2 is 1.93 bits per heavy atom. The predicted octanol–water partition coefficient (Wildman–Crippen LogP) is 3.19. The Hall–Kier alpha value is -1.44. The van der Waals surface area contributed by atoms with Crippen molar-refractivity contribution in [2.75, 3.05) is 26.3 Å². The van der Waals surface area contributed by atoms with E-state index >= 15 is 0 Å². The van der Waals surface area contributed by atoms with Gasteiger partial charge in [-0.1, -0.05) is 38.7 Å². The van der Waals surface area contributed by atoms with Gasteiger partial charge in [0.2, 0.25) is 10.0 Å². The van der Waals surface area contributed by atoms with Crippen LogP contribution in [0.1, 0.15) is 62.2 Å². The SMILES string of the molecule is CCCC(NC(=O)c1cccc(S(=O)(=O)N2CCOCC2)c1)C1CCCCC1. The first-order valence-corrected chi connectivity index (χ1v) is 11.9. The molecule has 156 valence electrons. The molecule has 0 bridgehead atoms. The molecule has 1 aromatic rings. The van der Waals surface area contributed by atoms with Gasteiger partial charge in [-0.2, -0.15) is 4.31 Å². The van der Waals surface area contributed by atoms with Crippen molar-refractivity contribution in [2.24, 2.45) is 5.92 Å². The van der Waals surface area contributed by atoms with Crippen molar-refractivity contribution in [3.63, 3.8) is 0 Å². The zero-order chi connectivity index (χ0) is 20.0. The molecule has 1 N–H and O–H groups in total. The van der Waals surface area contributed by atoms with Crippen LogP contribution in [-0.4, -0.2) is 51.0 Å². The molecule has 1 aliphatic carbocycles. The lowest BCUT2D eigenvalue weighted by molar-refractivity contribution is 0.0730. The van der Waals surface area contributed by atoms with E-state index in [1.807, 2.05) is 0 Å². The van der Waals surface area contributed by atoms with E-state index in [1.54, 1.807) is 18.2 Å². The van der Waals surface area contributed by atoms with Gasteiger partial charge in [-0.3, -0.25) is 4.79 Å². The van der Waals surface area contributed by atoms with Crippen LogP contribution in [0.2, 0.25) is 0 Å². The highest BCUT2D eigenvalue weighted by Crippen LogP contribution is 2.28. The first kappa shape index (κ1) is 21.3. The summed E-state index contributed by atoms with van der Waals surface area (Å²) in [6, 6.07) is 6.57. The number of carbonyl (C=O) groups is 1. The van der Waals surface area contributed by atoms with E-state index in [2.05, 4.69) is 12.2 Å². The molecule has 2 fully saturated rings. The highest BCUT2D eigenvalue weighted by atomic mass is 32.2. The van der Waals surface area contributed by atoms with Crippen LogP contribution in [-0.2, 0) is 14.8 Å². The van der Waals surface area contributed by atoms with Crippen molar-refractivity contribution in [3.8, 4) is 0 Å². The quantitative estimate of drug-likeness (QED) is 0.752. The normalized spacial score (nSPS) is 20.6. The number of ether oxygens (including phenoxy) is 1. The van der Waals surface area contributed by atoms with E-state index in [0.29, 0.717) is 37.8 Å². The fourth-order valence-electron chi connectivity index (χ4n) is 4.26. The third-order valence-electron chi connectivity index (χ3n) is 5.84. The summed E-state index contributed by atoms with van der Waals surface area (Å²) in [5.74, 6) is 0.348. The van der Waals surface area contributed by atoms with E-state index in [1.165, 1.54) is 29.6 Å². The number of sulfonamides is 1. The lowest BCUT2D eigenvalue weighted by atomic mass is 9.82. The summed E-state index contributed by atoms with van der Waals surface area (Å²) in [5.41, 5.74) is 0.409. The molecule has 1 saturated heterocycles. The molecule has 1 aliphatic heterocycles. The molecule has 0 spiro atoms. The predicted molar refractivity (Wildman–Crippen MR) is 109 cm³/mol. The van der Waals surface area contributed by atoms with Crippen LogP contribution in [0.25, 0.3) is 0 Å². The van der Waals surface area contributed by atoms with Crippen molar-refractivity contribution in [2.45, 2.75) is 62.8 Å². The number of nitrogens with zero attached hydrogens (tertiary/aromatic N) is 1. The van der Waals surface area contributed by atoms with Crippen molar-refractivity contribution in [1.29, 1.82) is 0 Å². The fourth-order valence-corrected chi connectivity index (χ4v) is 5.71. The molecule has 2 aliphatic rings. The molecule has 3 rings (SSSR count). The highest BCUT2D eigenvalue weighted by molar-refractivity contribution is 7.89. The zero-order valence-electron chi connectivity index (χ0n) is 16.7. The smallest absolute Gasteiger partial charge is 0.251 e.